The number of benzene rings is 1. The van der Waals surface area contributed by atoms with E-state index in [1.165, 1.54) is 12.1 Å². The summed E-state index contributed by atoms with van der Waals surface area (Å²) in [7, 11) is 0. The van der Waals surface area contributed by atoms with Crippen LogP contribution in [-0.2, 0) is 15.1 Å². The molecule has 2 fully saturated rings. The van der Waals surface area contributed by atoms with E-state index >= 15 is 0 Å². The van der Waals surface area contributed by atoms with Crippen LogP contribution in [0.25, 0.3) is 0 Å². The molecule has 3 rings (SSSR count). The predicted octanol–water partition coefficient (Wildman–Crippen LogP) is 1.65. The monoisotopic (exact) mass is 350 g/mol. The van der Waals surface area contributed by atoms with E-state index in [1.54, 1.807) is 17.0 Å². The molecule has 1 aromatic carbocycles. The van der Waals surface area contributed by atoms with Crippen molar-refractivity contribution in [1.82, 2.24) is 10.2 Å². The van der Waals surface area contributed by atoms with Crippen LogP contribution >= 0.6 is 0 Å². The SMILES string of the molecule is CC(C)C(NC1CCOCC1)C(=O)N1CC(O)(c2ccc(F)cc2)C1. The van der Waals surface area contributed by atoms with Gasteiger partial charge in [0.2, 0.25) is 5.91 Å². The minimum absolute atomic E-state index is 0.0216. The fraction of sp³-hybridized carbons (Fsp3) is 0.632. The average molecular weight is 350 g/mol. The molecule has 0 bridgehead atoms. The lowest BCUT2D eigenvalue weighted by Gasteiger charge is -2.48. The van der Waals surface area contributed by atoms with Crippen LogP contribution in [0, 0.1) is 11.7 Å². The lowest BCUT2D eigenvalue weighted by molar-refractivity contribution is -0.160. The Morgan fingerprint density at radius 3 is 2.44 bits per heavy atom. The maximum absolute atomic E-state index is 13.1. The summed E-state index contributed by atoms with van der Waals surface area (Å²) in [6.07, 6.45) is 1.83. The third-order valence-corrected chi connectivity index (χ3v) is 5.17. The van der Waals surface area contributed by atoms with Gasteiger partial charge in [-0.1, -0.05) is 26.0 Å². The Balaban J connectivity index is 1.61. The summed E-state index contributed by atoms with van der Waals surface area (Å²) in [6.45, 7) is 6.00. The summed E-state index contributed by atoms with van der Waals surface area (Å²) in [4.78, 5) is 14.6. The van der Waals surface area contributed by atoms with Crippen LogP contribution in [0.4, 0.5) is 4.39 Å². The van der Waals surface area contributed by atoms with Gasteiger partial charge in [0.05, 0.1) is 19.1 Å². The van der Waals surface area contributed by atoms with E-state index in [-0.39, 0.29) is 36.8 Å². The molecule has 6 heteroatoms. The highest BCUT2D eigenvalue weighted by Gasteiger charge is 2.46. The third kappa shape index (κ3) is 4.02. The number of β-amino-alcohol motifs (C(OH)–C–C–N with tert-alkyl or cyclic N) is 1. The number of rotatable bonds is 5. The highest BCUT2D eigenvalue weighted by molar-refractivity contribution is 5.83. The van der Waals surface area contributed by atoms with Gasteiger partial charge in [0.1, 0.15) is 11.4 Å². The van der Waals surface area contributed by atoms with Crippen molar-refractivity contribution in [2.24, 2.45) is 5.92 Å². The van der Waals surface area contributed by atoms with Crippen LogP contribution < -0.4 is 5.32 Å². The summed E-state index contributed by atoms with van der Waals surface area (Å²) in [5, 5.41) is 14.2. The second-order valence-electron chi connectivity index (χ2n) is 7.51. The van der Waals surface area contributed by atoms with Crippen molar-refractivity contribution in [3.05, 3.63) is 35.6 Å². The van der Waals surface area contributed by atoms with Crippen molar-refractivity contribution in [3.63, 3.8) is 0 Å². The Labute approximate surface area is 148 Å². The van der Waals surface area contributed by atoms with E-state index in [2.05, 4.69) is 5.32 Å². The molecule has 1 aromatic rings. The Morgan fingerprint density at radius 2 is 1.88 bits per heavy atom. The second kappa shape index (κ2) is 7.40. The minimum atomic E-state index is -1.08. The van der Waals surface area contributed by atoms with Gasteiger partial charge >= 0.3 is 0 Å². The molecule has 0 aliphatic carbocycles. The zero-order valence-electron chi connectivity index (χ0n) is 14.9. The molecule has 0 radical (unpaired) electrons. The lowest BCUT2D eigenvalue weighted by atomic mass is 9.85. The molecule has 0 saturated carbocycles. The highest BCUT2D eigenvalue weighted by atomic mass is 19.1. The van der Waals surface area contributed by atoms with E-state index in [9.17, 15) is 14.3 Å². The largest absolute Gasteiger partial charge is 0.381 e. The van der Waals surface area contributed by atoms with Crippen LogP contribution in [-0.4, -0.2) is 54.3 Å². The molecule has 1 atom stereocenters. The minimum Gasteiger partial charge on any atom is -0.381 e. The molecular weight excluding hydrogens is 323 g/mol. The Morgan fingerprint density at radius 1 is 1.28 bits per heavy atom. The normalized spacial score (nSPS) is 21.9. The second-order valence-corrected chi connectivity index (χ2v) is 7.51. The lowest BCUT2D eigenvalue weighted by Crippen LogP contribution is -2.65. The van der Waals surface area contributed by atoms with Gasteiger partial charge in [0, 0.05) is 19.3 Å². The molecule has 2 aliphatic rings. The first-order valence-electron chi connectivity index (χ1n) is 9.00. The third-order valence-electron chi connectivity index (χ3n) is 5.17. The topological polar surface area (TPSA) is 61.8 Å². The van der Waals surface area contributed by atoms with Gasteiger partial charge in [-0.2, -0.15) is 0 Å². The summed E-state index contributed by atoms with van der Waals surface area (Å²) in [6, 6.07) is 5.86. The summed E-state index contributed by atoms with van der Waals surface area (Å²) in [5.74, 6) is -0.150. The molecule has 0 spiro atoms. The van der Waals surface area contributed by atoms with Gasteiger partial charge in [0.25, 0.3) is 0 Å². The van der Waals surface area contributed by atoms with Crippen molar-refractivity contribution < 1.29 is 19.0 Å². The zero-order chi connectivity index (χ0) is 18.0. The number of nitrogens with zero attached hydrogens (tertiary/aromatic N) is 1. The summed E-state index contributed by atoms with van der Waals surface area (Å²) < 4.78 is 18.4. The number of amides is 1. The van der Waals surface area contributed by atoms with Crippen LogP contribution in [0.3, 0.4) is 0 Å². The van der Waals surface area contributed by atoms with Gasteiger partial charge in [-0.25, -0.2) is 4.39 Å². The fourth-order valence-corrected chi connectivity index (χ4v) is 3.55. The number of hydrogen-bond donors (Lipinski definition) is 2. The standard InChI is InChI=1S/C19H27FN2O3/c1-13(2)17(21-16-7-9-25-10-8-16)18(23)22-11-19(24,12-22)14-3-5-15(20)6-4-14/h3-6,13,16-17,21,24H,7-12H2,1-2H3. The van der Waals surface area contributed by atoms with Crippen LogP contribution in [0.15, 0.2) is 24.3 Å². The quantitative estimate of drug-likeness (QED) is 0.848. The number of carbonyl (C=O) groups excluding carboxylic acids is 1. The van der Waals surface area contributed by atoms with Crippen molar-refractivity contribution in [2.75, 3.05) is 26.3 Å². The highest BCUT2D eigenvalue weighted by Crippen LogP contribution is 2.33. The molecule has 138 valence electrons. The Hall–Kier alpha value is -1.50. The molecule has 0 aromatic heterocycles. The molecule has 25 heavy (non-hydrogen) atoms. The zero-order valence-corrected chi connectivity index (χ0v) is 14.9. The van der Waals surface area contributed by atoms with E-state index < -0.39 is 5.60 Å². The first-order chi connectivity index (χ1) is 11.9. The molecule has 1 unspecified atom stereocenters. The van der Waals surface area contributed by atoms with Crippen molar-refractivity contribution in [1.29, 1.82) is 0 Å². The molecule has 2 heterocycles. The Bertz CT molecular complexity index is 593. The molecule has 2 N–H and O–H groups in total. The van der Waals surface area contributed by atoms with E-state index in [0.717, 1.165) is 26.1 Å². The molecule has 2 saturated heterocycles. The molecular formula is C19H27FN2O3. The first kappa shape index (κ1) is 18.3. The van der Waals surface area contributed by atoms with Gasteiger partial charge in [-0.05, 0) is 36.5 Å². The van der Waals surface area contributed by atoms with Gasteiger partial charge in [0.15, 0.2) is 0 Å². The number of halogens is 1. The maximum atomic E-state index is 13.1. The average Bonchev–Trinajstić information content (AvgIpc) is 2.57. The number of ether oxygens (including phenoxy) is 1. The van der Waals surface area contributed by atoms with Gasteiger partial charge in [-0.3, -0.25) is 4.79 Å². The maximum Gasteiger partial charge on any atom is 0.240 e. The van der Waals surface area contributed by atoms with Gasteiger partial charge in [-0.15, -0.1) is 0 Å². The molecule has 1 amide bonds. The summed E-state index contributed by atoms with van der Waals surface area (Å²) >= 11 is 0. The predicted molar refractivity (Wildman–Crippen MR) is 92.5 cm³/mol. The van der Waals surface area contributed by atoms with Crippen molar-refractivity contribution >= 4 is 5.91 Å². The molecule has 2 aliphatic heterocycles. The molecule has 5 nitrogen and oxygen atoms in total. The smallest absolute Gasteiger partial charge is 0.240 e. The van der Waals surface area contributed by atoms with E-state index in [0.29, 0.717) is 11.6 Å². The van der Waals surface area contributed by atoms with Crippen molar-refractivity contribution in [2.45, 2.75) is 44.4 Å². The number of carbonyl (C=O) groups is 1. The number of aliphatic hydroxyl groups is 1. The van der Waals surface area contributed by atoms with Crippen LogP contribution in [0.5, 0.6) is 0 Å². The Kier molecular flexibility index (Phi) is 5.41. The van der Waals surface area contributed by atoms with Crippen molar-refractivity contribution in [3.8, 4) is 0 Å². The fourth-order valence-electron chi connectivity index (χ4n) is 3.55. The number of likely N-dealkylation sites (tertiary alicyclic amines) is 1. The first-order valence-corrected chi connectivity index (χ1v) is 9.00. The van der Waals surface area contributed by atoms with Gasteiger partial charge < -0.3 is 20.1 Å². The number of hydrogen-bond acceptors (Lipinski definition) is 4. The number of nitrogens with one attached hydrogen (secondary N) is 1. The van der Waals surface area contributed by atoms with Crippen LogP contribution in [0.1, 0.15) is 32.3 Å². The van der Waals surface area contributed by atoms with E-state index in [1.807, 2.05) is 13.8 Å². The van der Waals surface area contributed by atoms with Crippen LogP contribution in [0.2, 0.25) is 0 Å². The summed E-state index contributed by atoms with van der Waals surface area (Å²) in [5.41, 5.74) is -0.430. The van der Waals surface area contributed by atoms with E-state index in [4.69, 9.17) is 4.74 Å².